The first-order chi connectivity index (χ1) is 10.3. The summed E-state index contributed by atoms with van der Waals surface area (Å²) in [6, 6.07) is 10.5. The third-order valence-electron chi connectivity index (χ3n) is 4.46. The van der Waals surface area contributed by atoms with Crippen LogP contribution >= 0.6 is 0 Å². The van der Waals surface area contributed by atoms with Crippen LogP contribution < -0.4 is 5.46 Å². The number of hydrogen-bond acceptors (Lipinski definition) is 3. The van der Waals surface area contributed by atoms with E-state index in [1.165, 1.54) is 6.07 Å². The Morgan fingerprint density at radius 1 is 1.00 bits per heavy atom. The average Bonchev–Trinajstić information content (AvgIpc) is 2.69. The quantitative estimate of drug-likeness (QED) is 0.798. The maximum Gasteiger partial charge on any atom is 0.497 e. The lowest BCUT2D eigenvalue weighted by atomic mass is 9.77. The van der Waals surface area contributed by atoms with Crippen molar-refractivity contribution in [1.82, 2.24) is 4.98 Å². The van der Waals surface area contributed by atoms with E-state index in [9.17, 15) is 4.39 Å². The maximum absolute atomic E-state index is 14.3. The molecule has 1 aliphatic rings. The predicted octanol–water partition coefficient (Wildman–Crippen LogP) is 3.19. The van der Waals surface area contributed by atoms with Gasteiger partial charge < -0.3 is 9.31 Å². The molecule has 1 aromatic carbocycles. The van der Waals surface area contributed by atoms with E-state index in [1.807, 2.05) is 45.9 Å². The molecule has 0 radical (unpaired) electrons. The van der Waals surface area contributed by atoms with Gasteiger partial charge in [-0.1, -0.05) is 12.1 Å². The van der Waals surface area contributed by atoms with Crippen molar-refractivity contribution in [3.8, 4) is 11.3 Å². The second-order valence-electron chi connectivity index (χ2n) is 6.54. The molecular formula is C17H19BFNO2. The summed E-state index contributed by atoms with van der Waals surface area (Å²) in [4.78, 5) is 4.30. The lowest BCUT2D eigenvalue weighted by Crippen LogP contribution is -2.41. The Bertz CT molecular complexity index is 672. The van der Waals surface area contributed by atoms with E-state index < -0.39 is 18.3 Å². The van der Waals surface area contributed by atoms with Crippen LogP contribution in [0.3, 0.4) is 0 Å². The van der Waals surface area contributed by atoms with Crippen LogP contribution in [0.5, 0.6) is 0 Å². The SMILES string of the molecule is CC1(C)OB(c2cc(-c3ccccn3)ccc2F)OC1(C)C. The average molecular weight is 299 g/mol. The molecule has 0 spiro atoms. The fourth-order valence-electron chi connectivity index (χ4n) is 2.39. The minimum atomic E-state index is -0.714. The van der Waals surface area contributed by atoms with Crippen LogP contribution in [-0.2, 0) is 9.31 Å². The van der Waals surface area contributed by atoms with Gasteiger partial charge in [-0.2, -0.15) is 0 Å². The summed E-state index contributed by atoms with van der Waals surface area (Å²) in [5.74, 6) is -0.335. The molecule has 0 bridgehead atoms. The highest BCUT2D eigenvalue weighted by Gasteiger charge is 2.52. The van der Waals surface area contributed by atoms with E-state index in [2.05, 4.69) is 4.98 Å². The van der Waals surface area contributed by atoms with E-state index in [4.69, 9.17) is 9.31 Å². The number of nitrogens with zero attached hydrogens (tertiary/aromatic N) is 1. The highest BCUT2D eigenvalue weighted by atomic mass is 19.1. The summed E-state index contributed by atoms with van der Waals surface area (Å²) in [5.41, 5.74) is 1.05. The highest BCUT2D eigenvalue weighted by Crippen LogP contribution is 2.36. The van der Waals surface area contributed by atoms with Gasteiger partial charge in [0.25, 0.3) is 0 Å². The Kier molecular flexibility index (Phi) is 3.58. The number of pyridine rings is 1. The lowest BCUT2D eigenvalue weighted by molar-refractivity contribution is 0.00578. The van der Waals surface area contributed by atoms with Crippen molar-refractivity contribution in [3.63, 3.8) is 0 Å². The highest BCUT2D eigenvalue weighted by molar-refractivity contribution is 6.62. The van der Waals surface area contributed by atoms with Crippen molar-refractivity contribution in [3.05, 3.63) is 48.4 Å². The molecular weight excluding hydrogens is 280 g/mol. The van der Waals surface area contributed by atoms with Crippen molar-refractivity contribution in [1.29, 1.82) is 0 Å². The van der Waals surface area contributed by atoms with Crippen LogP contribution in [0.4, 0.5) is 4.39 Å². The molecule has 5 heteroatoms. The first-order valence-electron chi connectivity index (χ1n) is 7.37. The van der Waals surface area contributed by atoms with Gasteiger partial charge in [-0.15, -0.1) is 0 Å². The van der Waals surface area contributed by atoms with Gasteiger partial charge >= 0.3 is 7.12 Å². The van der Waals surface area contributed by atoms with Crippen LogP contribution in [0.2, 0.25) is 0 Å². The molecule has 1 fully saturated rings. The molecule has 0 atom stereocenters. The lowest BCUT2D eigenvalue weighted by Gasteiger charge is -2.32. The molecule has 3 rings (SSSR count). The summed E-state index contributed by atoms with van der Waals surface area (Å²) >= 11 is 0. The molecule has 0 unspecified atom stereocenters. The maximum atomic E-state index is 14.3. The summed E-state index contributed by atoms with van der Waals surface area (Å²) < 4.78 is 26.1. The molecule has 1 aliphatic heterocycles. The molecule has 0 amide bonds. The summed E-state index contributed by atoms with van der Waals surface area (Å²) in [6.45, 7) is 7.81. The molecule has 22 heavy (non-hydrogen) atoms. The van der Waals surface area contributed by atoms with Gasteiger partial charge in [-0.25, -0.2) is 4.39 Å². The minimum Gasteiger partial charge on any atom is -0.399 e. The fraction of sp³-hybridized carbons (Fsp3) is 0.353. The topological polar surface area (TPSA) is 31.4 Å². The molecule has 0 aliphatic carbocycles. The van der Waals surface area contributed by atoms with Crippen LogP contribution in [0.15, 0.2) is 42.6 Å². The molecule has 114 valence electrons. The number of hydrogen-bond donors (Lipinski definition) is 0. The Morgan fingerprint density at radius 3 is 2.27 bits per heavy atom. The first-order valence-corrected chi connectivity index (χ1v) is 7.37. The molecule has 2 aromatic rings. The normalized spacial score (nSPS) is 19.4. The monoisotopic (exact) mass is 299 g/mol. The van der Waals surface area contributed by atoms with Gasteiger partial charge in [0.05, 0.1) is 16.9 Å². The molecule has 1 saturated heterocycles. The van der Waals surface area contributed by atoms with Gasteiger partial charge in [0.1, 0.15) is 5.82 Å². The van der Waals surface area contributed by atoms with Crippen LogP contribution in [0.25, 0.3) is 11.3 Å². The van der Waals surface area contributed by atoms with Crippen molar-refractivity contribution in [2.75, 3.05) is 0 Å². The van der Waals surface area contributed by atoms with Gasteiger partial charge in [0, 0.05) is 11.7 Å². The third kappa shape index (κ3) is 2.55. The zero-order valence-electron chi connectivity index (χ0n) is 13.3. The third-order valence-corrected chi connectivity index (χ3v) is 4.46. The van der Waals surface area contributed by atoms with Crippen molar-refractivity contribution in [2.45, 2.75) is 38.9 Å². The number of aromatic nitrogens is 1. The number of rotatable bonds is 2. The number of benzene rings is 1. The number of halogens is 1. The summed E-state index contributed by atoms with van der Waals surface area (Å²) in [7, 11) is -0.714. The zero-order valence-corrected chi connectivity index (χ0v) is 13.3. The van der Waals surface area contributed by atoms with Crippen LogP contribution in [-0.4, -0.2) is 23.3 Å². The van der Waals surface area contributed by atoms with Gasteiger partial charge in [0.15, 0.2) is 0 Å². The van der Waals surface area contributed by atoms with E-state index in [0.717, 1.165) is 11.3 Å². The van der Waals surface area contributed by atoms with Crippen molar-refractivity contribution in [2.24, 2.45) is 0 Å². The largest absolute Gasteiger partial charge is 0.497 e. The molecule has 0 N–H and O–H groups in total. The predicted molar refractivity (Wildman–Crippen MR) is 85.3 cm³/mol. The standard InChI is InChI=1S/C17H19BFNO2/c1-16(2)17(3,4)22-18(21-16)13-11-12(8-9-14(13)19)15-7-5-6-10-20-15/h5-11H,1-4H3. The minimum absolute atomic E-state index is 0.335. The Hall–Kier alpha value is -1.72. The van der Waals surface area contributed by atoms with Crippen molar-refractivity contribution >= 4 is 12.6 Å². The summed E-state index contributed by atoms with van der Waals surface area (Å²) in [6.07, 6.45) is 1.72. The van der Waals surface area contributed by atoms with E-state index in [-0.39, 0.29) is 5.82 Å². The van der Waals surface area contributed by atoms with E-state index in [0.29, 0.717) is 5.46 Å². The Labute approximate surface area is 130 Å². The Morgan fingerprint density at radius 2 is 1.68 bits per heavy atom. The smallest absolute Gasteiger partial charge is 0.399 e. The van der Waals surface area contributed by atoms with Gasteiger partial charge in [-0.05, 0) is 57.5 Å². The fourth-order valence-corrected chi connectivity index (χ4v) is 2.39. The van der Waals surface area contributed by atoms with Crippen molar-refractivity contribution < 1.29 is 13.7 Å². The molecule has 1 aromatic heterocycles. The molecule has 2 heterocycles. The Balaban J connectivity index is 1.99. The van der Waals surface area contributed by atoms with Crippen LogP contribution in [0, 0.1) is 5.82 Å². The van der Waals surface area contributed by atoms with E-state index in [1.54, 1.807) is 18.3 Å². The first kappa shape index (κ1) is 15.2. The van der Waals surface area contributed by atoms with E-state index >= 15 is 0 Å². The zero-order chi connectivity index (χ0) is 16.0. The van der Waals surface area contributed by atoms with Crippen LogP contribution in [0.1, 0.15) is 27.7 Å². The molecule has 3 nitrogen and oxygen atoms in total. The second-order valence-corrected chi connectivity index (χ2v) is 6.54. The van der Waals surface area contributed by atoms with Gasteiger partial charge in [-0.3, -0.25) is 4.98 Å². The molecule has 0 saturated carbocycles. The summed E-state index contributed by atoms with van der Waals surface area (Å²) in [5, 5.41) is 0. The van der Waals surface area contributed by atoms with Gasteiger partial charge in [0.2, 0.25) is 0 Å². The second kappa shape index (κ2) is 5.18.